The molecule has 0 aliphatic rings. The zero-order valence-electron chi connectivity index (χ0n) is 10.6. The van der Waals surface area contributed by atoms with Crippen LogP contribution in [0, 0.1) is 10.1 Å². The number of aliphatic hydroxyl groups excluding tert-OH is 1. The van der Waals surface area contributed by atoms with Crippen LogP contribution in [-0.4, -0.2) is 10.0 Å². The van der Waals surface area contributed by atoms with Crippen molar-refractivity contribution in [3.63, 3.8) is 0 Å². The van der Waals surface area contributed by atoms with E-state index >= 15 is 0 Å². The molecule has 20 heavy (non-hydrogen) atoms. The number of hydrogen-bond donors (Lipinski definition) is 1. The Morgan fingerprint density at radius 2 is 1.90 bits per heavy atom. The number of nitrogens with zero attached hydrogens (tertiary/aromatic N) is 1. The summed E-state index contributed by atoms with van der Waals surface area (Å²) in [5.41, 5.74) is 0.637. The van der Waals surface area contributed by atoms with E-state index in [4.69, 9.17) is 4.74 Å². The summed E-state index contributed by atoms with van der Waals surface area (Å²) in [6.07, 6.45) is -0.568. The fourth-order valence-corrected chi connectivity index (χ4v) is 2.11. The highest BCUT2D eigenvalue weighted by molar-refractivity contribution is 9.10. The molecule has 0 bridgehead atoms. The van der Waals surface area contributed by atoms with Crippen LogP contribution in [-0.2, 0) is 0 Å². The Morgan fingerprint density at radius 1 is 1.25 bits per heavy atom. The third-order valence-electron chi connectivity index (χ3n) is 2.73. The number of para-hydroxylation sites is 1. The van der Waals surface area contributed by atoms with Crippen LogP contribution < -0.4 is 4.74 Å². The Balaban J connectivity index is 2.32. The van der Waals surface area contributed by atoms with Gasteiger partial charge in [-0.15, -0.1) is 0 Å². The van der Waals surface area contributed by atoms with Crippen molar-refractivity contribution in [2.45, 2.75) is 13.0 Å². The quantitative estimate of drug-likeness (QED) is 0.670. The molecule has 2 rings (SSSR count). The molecular formula is C14H12BrNO4. The van der Waals surface area contributed by atoms with Crippen molar-refractivity contribution in [1.82, 2.24) is 0 Å². The number of hydrogen-bond acceptors (Lipinski definition) is 4. The molecule has 0 heterocycles. The van der Waals surface area contributed by atoms with Crippen LogP contribution in [0.25, 0.3) is 0 Å². The molecule has 0 aliphatic carbocycles. The molecule has 104 valence electrons. The molecule has 1 N–H and O–H groups in total. The fraction of sp³-hybridized carbons (Fsp3) is 0.143. The van der Waals surface area contributed by atoms with Crippen molar-refractivity contribution in [3.05, 3.63) is 62.6 Å². The zero-order valence-corrected chi connectivity index (χ0v) is 12.2. The largest absolute Gasteiger partial charge is 0.449 e. The molecule has 2 aromatic carbocycles. The fourth-order valence-electron chi connectivity index (χ4n) is 1.67. The van der Waals surface area contributed by atoms with Crippen LogP contribution in [0.2, 0.25) is 0 Å². The molecule has 0 aliphatic heterocycles. The lowest BCUT2D eigenvalue weighted by atomic mass is 10.1. The van der Waals surface area contributed by atoms with E-state index in [2.05, 4.69) is 15.9 Å². The summed E-state index contributed by atoms with van der Waals surface area (Å²) in [6.45, 7) is 1.66. The molecular weight excluding hydrogens is 326 g/mol. The van der Waals surface area contributed by atoms with Crippen molar-refractivity contribution in [3.8, 4) is 11.5 Å². The maximum absolute atomic E-state index is 11.0. The van der Waals surface area contributed by atoms with Crippen LogP contribution >= 0.6 is 15.9 Å². The van der Waals surface area contributed by atoms with E-state index < -0.39 is 11.0 Å². The third kappa shape index (κ3) is 3.15. The highest BCUT2D eigenvalue weighted by Gasteiger charge is 2.18. The van der Waals surface area contributed by atoms with Crippen LogP contribution in [0.15, 0.2) is 46.9 Å². The van der Waals surface area contributed by atoms with Gasteiger partial charge in [-0.05, 0) is 46.6 Å². The minimum absolute atomic E-state index is 0.112. The molecule has 2 aromatic rings. The first-order valence-corrected chi connectivity index (χ1v) is 6.67. The van der Waals surface area contributed by atoms with Gasteiger partial charge in [-0.2, -0.15) is 0 Å². The highest BCUT2D eigenvalue weighted by atomic mass is 79.9. The number of ether oxygens (including phenoxy) is 1. The number of aliphatic hydroxyl groups is 1. The average molecular weight is 338 g/mol. The summed E-state index contributed by atoms with van der Waals surface area (Å²) in [6, 6.07) is 11.4. The first-order valence-electron chi connectivity index (χ1n) is 5.88. The van der Waals surface area contributed by atoms with E-state index in [9.17, 15) is 15.2 Å². The molecule has 0 unspecified atom stereocenters. The minimum atomic E-state index is -0.568. The van der Waals surface area contributed by atoms with Gasteiger partial charge in [0.15, 0.2) is 0 Å². The molecule has 5 nitrogen and oxygen atoms in total. The van der Waals surface area contributed by atoms with E-state index in [0.717, 1.165) is 5.56 Å². The smallest absolute Gasteiger partial charge is 0.312 e. The Labute approximate surface area is 124 Å². The topological polar surface area (TPSA) is 72.6 Å². The van der Waals surface area contributed by atoms with E-state index in [1.165, 1.54) is 6.07 Å². The molecule has 0 amide bonds. The predicted molar refractivity (Wildman–Crippen MR) is 77.9 cm³/mol. The van der Waals surface area contributed by atoms with Crippen molar-refractivity contribution in [2.75, 3.05) is 0 Å². The molecule has 1 atom stereocenters. The van der Waals surface area contributed by atoms with Crippen molar-refractivity contribution >= 4 is 21.6 Å². The lowest BCUT2D eigenvalue weighted by Crippen LogP contribution is -1.95. The number of halogens is 1. The molecule has 0 spiro atoms. The Hall–Kier alpha value is -1.92. The Morgan fingerprint density at radius 3 is 2.45 bits per heavy atom. The van der Waals surface area contributed by atoms with Gasteiger partial charge in [0.25, 0.3) is 0 Å². The van der Waals surface area contributed by atoms with Crippen molar-refractivity contribution < 1.29 is 14.8 Å². The Kier molecular flexibility index (Phi) is 4.36. The molecule has 0 radical (unpaired) electrons. The predicted octanol–water partition coefficient (Wildman–Crippen LogP) is 4.20. The third-order valence-corrected chi connectivity index (χ3v) is 3.35. The number of nitro benzene ring substituents is 1. The van der Waals surface area contributed by atoms with E-state index in [1.54, 1.807) is 43.3 Å². The second kappa shape index (κ2) is 6.02. The van der Waals surface area contributed by atoms with Gasteiger partial charge in [0.1, 0.15) is 5.75 Å². The first kappa shape index (κ1) is 14.5. The first-order chi connectivity index (χ1) is 9.49. The second-order valence-electron chi connectivity index (χ2n) is 4.19. The maximum atomic E-state index is 11.0. The molecule has 0 saturated carbocycles. The normalized spacial score (nSPS) is 11.9. The summed E-state index contributed by atoms with van der Waals surface area (Å²) in [7, 11) is 0. The summed E-state index contributed by atoms with van der Waals surface area (Å²) in [5.74, 6) is 0.617. The van der Waals surface area contributed by atoms with Gasteiger partial charge in [-0.25, -0.2) is 0 Å². The van der Waals surface area contributed by atoms with Gasteiger partial charge >= 0.3 is 5.69 Å². The number of nitro groups is 1. The highest BCUT2D eigenvalue weighted by Crippen LogP contribution is 2.38. The zero-order chi connectivity index (χ0) is 14.7. The van der Waals surface area contributed by atoms with E-state index in [1.807, 2.05) is 0 Å². The molecule has 0 saturated heterocycles. The number of benzene rings is 2. The molecule has 0 aromatic heterocycles. The summed E-state index contributed by atoms with van der Waals surface area (Å²) in [5, 5.41) is 20.4. The van der Waals surface area contributed by atoms with Crippen LogP contribution in [0.4, 0.5) is 5.69 Å². The monoisotopic (exact) mass is 337 g/mol. The van der Waals surface area contributed by atoms with E-state index in [0.29, 0.717) is 10.2 Å². The SMILES string of the molecule is C[C@@H](O)c1ccc(Oc2c(Br)cccc2[N+](=O)[O-])cc1. The number of rotatable bonds is 4. The van der Waals surface area contributed by atoms with Crippen LogP contribution in [0.5, 0.6) is 11.5 Å². The summed E-state index contributed by atoms with van der Waals surface area (Å²) < 4.78 is 6.07. The van der Waals surface area contributed by atoms with E-state index in [-0.39, 0.29) is 11.4 Å². The van der Waals surface area contributed by atoms with Crippen molar-refractivity contribution in [1.29, 1.82) is 0 Å². The second-order valence-corrected chi connectivity index (χ2v) is 5.05. The molecule has 6 heteroatoms. The van der Waals surface area contributed by atoms with Gasteiger partial charge in [0.2, 0.25) is 5.75 Å². The van der Waals surface area contributed by atoms with Crippen LogP contribution in [0.1, 0.15) is 18.6 Å². The Bertz CT molecular complexity index is 626. The summed E-state index contributed by atoms with van der Waals surface area (Å²) in [4.78, 5) is 10.5. The van der Waals surface area contributed by atoms with Gasteiger partial charge in [-0.1, -0.05) is 18.2 Å². The average Bonchev–Trinajstić information content (AvgIpc) is 2.41. The van der Waals surface area contributed by atoms with Crippen molar-refractivity contribution in [2.24, 2.45) is 0 Å². The van der Waals surface area contributed by atoms with Gasteiger partial charge in [0, 0.05) is 6.07 Å². The minimum Gasteiger partial charge on any atom is -0.449 e. The van der Waals surface area contributed by atoms with Gasteiger partial charge in [0.05, 0.1) is 15.5 Å². The van der Waals surface area contributed by atoms with Gasteiger partial charge < -0.3 is 9.84 Å². The summed E-state index contributed by atoms with van der Waals surface area (Å²) >= 11 is 3.24. The van der Waals surface area contributed by atoms with Crippen LogP contribution in [0.3, 0.4) is 0 Å². The lowest BCUT2D eigenvalue weighted by Gasteiger charge is -2.09. The maximum Gasteiger partial charge on any atom is 0.312 e. The molecule has 0 fully saturated rings. The standard InChI is InChI=1S/C14H12BrNO4/c1-9(17)10-5-7-11(8-6-10)20-14-12(15)3-2-4-13(14)16(18)19/h2-9,17H,1H3/t9-/m1/s1. The lowest BCUT2D eigenvalue weighted by molar-refractivity contribution is -0.385. The van der Waals surface area contributed by atoms with Gasteiger partial charge in [-0.3, -0.25) is 10.1 Å².